The molecular weight excluding hydrogens is 338 g/mol. The molecule has 1 aliphatic rings. The van der Waals surface area contributed by atoms with Crippen molar-refractivity contribution in [2.45, 2.75) is 44.6 Å². The van der Waals surface area contributed by atoms with E-state index in [1.807, 2.05) is 0 Å². The lowest BCUT2D eigenvalue weighted by molar-refractivity contribution is -0.142. The number of rotatable bonds is 5. The van der Waals surface area contributed by atoms with E-state index < -0.39 is 28.0 Å². The molecular formula is C14H21N3O6S. The Hall–Kier alpha value is -1.94. The summed E-state index contributed by atoms with van der Waals surface area (Å²) in [7, 11) is -3.71. The van der Waals surface area contributed by atoms with Crippen molar-refractivity contribution < 1.29 is 27.6 Å². The maximum Gasteiger partial charge on any atom is 0.325 e. The van der Waals surface area contributed by atoms with Crippen LogP contribution < -0.4 is 5.32 Å². The van der Waals surface area contributed by atoms with Gasteiger partial charge in [0.15, 0.2) is 5.76 Å². The van der Waals surface area contributed by atoms with E-state index in [-0.39, 0.29) is 29.7 Å². The van der Waals surface area contributed by atoms with Gasteiger partial charge in [0, 0.05) is 19.0 Å². The van der Waals surface area contributed by atoms with Crippen molar-refractivity contribution in [2.24, 2.45) is 5.92 Å². The summed E-state index contributed by atoms with van der Waals surface area (Å²) < 4.78 is 31.6. The summed E-state index contributed by atoms with van der Waals surface area (Å²) in [5.74, 6) is -1.63. The van der Waals surface area contributed by atoms with E-state index in [4.69, 9.17) is 9.63 Å². The molecule has 2 heterocycles. The minimum atomic E-state index is -3.71. The molecule has 2 rings (SSSR count). The molecule has 1 saturated heterocycles. The molecule has 134 valence electrons. The molecule has 0 radical (unpaired) electrons. The summed E-state index contributed by atoms with van der Waals surface area (Å²) in [5, 5.41) is 14.9. The van der Waals surface area contributed by atoms with E-state index in [9.17, 15) is 18.0 Å². The number of carboxylic acids is 1. The fraction of sp³-hybridized carbons (Fsp3) is 0.643. The molecule has 0 bridgehead atoms. The fourth-order valence-corrected chi connectivity index (χ4v) is 4.48. The summed E-state index contributed by atoms with van der Waals surface area (Å²) in [6.45, 7) is 4.87. The molecule has 1 amide bonds. The number of sulfonamides is 1. The van der Waals surface area contributed by atoms with Gasteiger partial charge >= 0.3 is 5.97 Å². The average Bonchev–Trinajstić information content (AvgIpc) is 2.86. The van der Waals surface area contributed by atoms with Crippen LogP contribution in [0.3, 0.4) is 0 Å². The van der Waals surface area contributed by atoms with Crippen LogP contribution in [0.4, 0.5) is 0 Å². The van der Waals surface area contributed by atoms with Crippen LogP contribution in [0.2, 0.25) is 0 Å². The van der Waals surface area contributed by atoms with Gasteiger partial charge < -0.3 is 14.9 Å². The van der Waals surface area contributed by atoms with Crippen LogP contribution >= 0.6 is 0 Å². The number of aliphatic carboxylic acids is 1. The van der Waals surface area contributed by atoms with Crippen LogP contribution in [0.25, 0.3) is 0 Å². The molecule has 0 unspecified atom stereocenters. The number of carboxylic acid groups (broad SMARTS) is 1. The number of carbonyl (C=O) groups is 2. The largest absolute Gasteiger partial charge is 0.480 e. The van der Waals surface area contributed by atoms with Crippen molar-refractivity contribution in [2.75, 3.05) is 13.1 Å². The van der Waals surface area contributed by atoms with Crippen molar-refractivity contribution in [3.63, 3.8) is 0 Å². The number of hydrogen-bond donors (Lipinski definition) is 2. The van der Waals surface area contributed by atoms with Crippen molar-refractivity contribution in [1.29, 1.82) is 0 Å². The zero-order valence-corrected chi connectivity index (χ0v) is 14.6. The van der Waals surface area contributed by atoms with Crippen molar-refractivity contribution in [1.82, 2.24) is 14.8 Å². The van der Waals surface area contributed by atoms with Gasteiger partial charge in [0.25, 0.3) is 0 Å². The lowest BCUT2D eigenvalue weighted by atomic mass is 9.97. The Kier molecular flexibility index (Phi) is 5.29. The first-order chi connectivity index (χ1) is 11.1. The molecule has 0 aromatic carbocycles. The molecule has 1 aromatic heterocycles. The second-order valence-electron chi connectivity index (χ2n) is 5.90. The van der Waals surface area contributed by atoms with Gasteiger partial charge in [0.05, 0.1) is 0 Å². The Labute approximate surface area is 140 Å². The van der Waals surface area contributed by atoms with Gasteiger partial charge in [-0.05, 0) is 33.6 Å². The maximum atomic E-state index is 12.7. The SMILES string of the molecule is Cc1noc(C)c1S(=O)(=O)N1CCC(C(=O)N[C@@H](C)C(=O)O)CC1. The molecule has 0 spiro atoms. The second-order valence-corrected chi connectivity index (χ2v) is 7.77. The molecule has 1 fully saturated rings. The smallest absolute Gasteiger partial charge is 0.325 e. The van der Waals surface area contributed by atoms with Gasteiger partial charge in [-0.3, -0.25) is 9.59 Å². The van der Waals surface area contributed by atoms with E-state index >= 15 is 0 Å². The molecule has 2 N–H and O–H groups in total. The van der Waals surface area contributed by atoms with Gasteiger partial charge in [-0.1, -0.05) is 5.16 Å². The number of hydrogen-bond acceptors (Lipinski definition) is 6. The summed E-state index contributed by atoms with van der Waals surface area (Å²) in [5.41, 5.74) is 0.308. The Morgan fingerprint density at radius 1 is 1.33 bits per heavy atom. The molecule has 0 saturated carbocycles. The number of piperidine rings is 1. The van der Waals surface area contributed by atoms with E-state index in [0.717, 1.165) is 0 Å². The summed E-state index contributed by atoms with van der Waals surface area (Å²) in [4.78, 5) is 22.9. The van der Waals surface area contributed by atoms with Crippen LogP contribution in [0, 0.1) is 19.8 Å². The first kappa shape index (κ1) is 18.4. The Bertz CT molecular complexity index is 714. The third kappa shape index (κ3) is 3.59. The highest BCUT2D eigenvalue weighted by atomic mass is 32.2. The number of nitrogens with zero attached hydrogens (tertiary/aromatic N) is 2. The third-order valence-corrected chi connectivity index (χ3v) is 6.26. The molecule has 10 heteroatoms. The average molecular weight is 359 g/mol. The molecule has 1 atom stereocenters. The Morgan fingerprint density at radius 3 is 2.38 bits per heavy atom. The zero-order chi connectivity index (χ0) is 18.1. The van der Waals surface area contributed by atoms with Gasteiger partial charge in [0.1, 0.15) is 16.6 Å². The predicted octanol–water partition coefficient (Wildman–Crippen LogP) is 0.281. The van der Waals surface area contributed by atoms with Crippen molar-refractivity contribution in [3.8, 4) is 0 Å². The second kappa shape index (κ2) is 6.89. The molecule has 1 aliphatic heterocycles. The van der Waals surface area contributed by atoms with E-state index in [1.54, 1.807) is 13.8 Å². The maximum absolute atomic E-state index is 12.7. The minimum Gasteiger partial charge on any atom is -0.480 e. The first-order valence-corrected chi connectivity index (χ1v) is 9.04. The molecule has 0 aliphatic carbocycles. The van der Waals surface area contributed by atoms with Gasteiger partial charge in [-0.2, -0.15) is 4.31 Å². The topological polar surface area (TPSA) is 130 Å². The summed E-state index contributed by atoms with van der Waals surface area (Å²) in [6, 6.07) is -0.971. The zero-order valence-electron chi connectivity index (χ0n) is 13.8. The standard InChI is InChI=1S/C14H21N3O6S/c1-8-12(10(3)23-16-8)24(21,22)17-6-4-11(5-7-17)13(18)15-9(2)14(19)20/h9,11H,4-7H2,1-3H3,(H,15,18)(H,19,20)/t9-/m0/s1. The van der Waals surface area contributed by atoms with Crippen LogP contribution in [-0.2, 0) is 19.6 Å². The highest BCUT2D eigenvalue weighted by Crippen LogP contribution is 2.27. The normalized spacial score (nSPS) is 18.3. The fourth-order valence-electron chi connectivity index (χ4n) is 2.72. The highest BCUT2D eigenvalue weighted by Gasteiger charge is 2.35. The molecule has 24 heavy (non-hydrogen) atoms. The molecule has 9 nitrogen and oxygen atoms in total. The van der Waals surface area contributed by atoms with Gasteiger partial charge in [-0.15, -0.1) is 0 Å². The Balaban J connectivity index is 2.02. The van der Waals surface area contributed by atoms with Crippen molar-refractivity contribution in [3.05, 3.63) is 11.5 Å². The van der Waals surface area contributed by atoms with Crippen LogP contribution in [0.5, 0.6) is 0 Å². The lowest BCUT2D eigenvalue weighted by Gasteiger charge is -2.30. The van der Waals surface area contributed by atoms with E-state index in [0.29, 0.717) is 18.5 Å². The number of aryl methyl sites for hydroxylation is 2. The van der Waals surface area contributed by atoms with Crippen LogP contribution in [0.1, 0.15) is 31.2 Å². The quantitative estimate of drug-likeness (QED) is 0.772. The lowest BCUT2D eigenvalue weighted by Crippen LogP contribution is -2.46. The number of amides is 1. The highest BCUT2D eigenvalue weighted by molar-refractivity contribution is 7.89. The van der Waals surface area contributed by atoms with Crippen LogP contribution in [-0.4, -0.2) is 54.0 Å². The summed E-state index contributed by atoms with van der Waals surface area (Å²) >= 11 is 0. The minimum absolute atomic E-state index is 0.0740. The van der Waals surface area contributed by atoms with E-state index in [2.05, 4.69) is 10.5 Å². The number of carbonyl (C=O) groups excluding carboxylic acids is 1. The number of nitrogens with one attached hydrogen (secondary N) is 1. The molecule has 1 aromatic rings. The third-order valence-electron chi connectivity index (χ3n) is 4.12. The van der Waals surface area contributed by atoms with Crippen LogP contribution in [0.15, 0.2) is 9.42 Å². The van der Waals surface area contributed by atoms with E-state index in [1.165, 1.54) is 11.2 Å². The number of aromatic nitrogens is 1. The Morgan fingerprint density at radius 2 is 1.92 bits per heavy atom. The van der Waals surface area contributed by atoms with Crippen molar-refractivity contribution >= 4 is 21.9 Å². The summed E-state index contributed by atoms with van der Waals surface area (Å²) in [6.07, 6.45) is 0.668. The van der Waals surface area contributed by atoms with Gasteiger partial charge in [0.2, 0.25) is 15.9 Å². The first-order valence-electron chi connectivity index (χ1n) is 7.60. The monoisotopic (exact) mass is 359 g/mol. The van der Waals surface area contributed by atoms with Gasteiger partial charge in [-0.25, -0.2) is 8.42 Å². The predicted molar refractivity (Wildman–Crippen MR) is 82.7 cm³/mol.